The van der Waals surface area contributed by atoms with Gasteiger partial charge in [0.05, 0.1) is 23.8 Å². The van der Waals surface area contributed by atoms with Crippen molar-refractivity contribution in [2.45, 2.75) is 4.90 Å². The molecule has 19 heavy (non-hydrogen) atoms. The molecule has 1 aromatic rings. The molecule has 0 aliphatic rings. The Morgan fingerprint density at radius 2 is 2.21 bits per heavy atom. The van der Waals surface area contributed by atoms with Gasteiger partial charge in [-0.05, 0) is 24.5 Å². The number of thioether (sulfide) groups is 1. The van der Waals surface area contributed by atoms with Crippen molar-refractivity contribution in [3.05, 3.63) is 28.8 Å². The number of alkyl halides is 1. The zero-order valence-electron chi connectivity index (χ0n) is 11.0. The van der Waals surface area contributed by atoms with Crippen molar-refractivity contribution in [1.82, 2.24) is 4.90 Å². The predicted molar refractivity (Wildman–Crippen MR) is 84.8 cm³/mol. The van der Waals surface area contributed by atoms with Gasteiger partial charge in [-0.2, -0.15) is 0 Å². The highest BCUT2D eigenvalue weighted by Crippen LogP contribution is 2.23. The second kappa shape index (κ2) is 8.84. The summed E-state index contributed by atoms with van der Waals surface area (Å²) in [6.45, 7) is 1.71. The smallest absolute Gasteiger partial charge is 0.255 e. The van der Waals surface area contributed by atoms with Crippen LogP contribution in [0, 0.1) is 0 Å². The van der Waals surface area contributed by atoms with Gasteiger partial charge >= 0.3 is 0 Å². The Balaban J connectivity index is 2.65. The van der Waals surface area contributed by atoms with E-state index in [-0.39, 0.29) is 5.91 Å². The molecule has 0 radical (unpaired) electrons. The lowest BCUT2D eigenvalue weighted by molar-refractivity contribution is 0.0713. The Hall–Kier alpha value is -0.230. The quantitative estimate of drug-likeness (QED) is 0.420. The highest BCUT2D eigenvalue weighted by Gasteiger charge is 2.15. The molecule has 106 valence electrons. The molecular formula is C13H17BrClNO2S. The van der Waals surface area contributed by atoms with Gasteiger partial charge < -0.3 is 9.64 Å². The monoisotopic (exact) mass is 365 g/mol. The second-order valence-corrected chi connectivity index (χ2v) is 5.95. The van der Waals surface area contributed by atoms with Crippen LogP contribution < -0.4 is 0 Å². The van der Waals surface area contributed by atoms with Crippen molar-refractivity contribution in [2.24, 2.45) is 0 Å². The first-order valence-electron chi connectivity index (χ1n) is 5.83. The number of nitrogens with zero attached hydrogens (tertiary/aromatic N) is 1. The molecular weight excluding hydrogens is 350 g/mol. The van der Waals surface area contributed by atoms with E-state index in [0.29, 0.717) is 30.3 Å². The van der Waals surface area contributed by atoms with E-state index in [1.54, 1.807) is 29.8 Å². The van der Waals surface area contributed by atoms with E-state index in [4.69, 9.17) is 16.3 Å². The van der Waals surface area contributed by atoms with Crippen LogP contribution in [-0.4, -0.2) is 49.2 Å². The maximum atomic E-state index is 12.3. The number of carbonyl (C=O) groups excluding carboxylic acids is 1. The van der Waals surface area contributed by atoms with Crippen LogP contribution in [-0.2, 0) is 4.74 Å². The van der Waals surface area contributed by atoms with Gasteiger partial charge in [-0.25, -0.2) is 0 Å². The van der Waals surface area contributed by atoms with Gasteiger partial charge in [0.25, 0.3) is 5.91 Å². The molecule has 1 aromatic carbocycles. The van der Waals surface area contributed by atoms with Crippen LogP contribution in [0.15, 0.2) is 23.1 Å². The third kappa shape index (κ3) is 5.34. The SMILES string of the molecule is CSc1ccc(Cl)c(C(=O)N(C)CCOCCBr)c1. The fourth-order valence-corrected chi connectivity index (χ4v) is 2.33. The fraction of sp³-hybridized carbons (Fsp3) is 0.462. The predicted octanol–water partition coefficient (Wildman–Crippen LogP) is 3.55. The molecule has 0 saturated carbocycles. The minimum Gasteiger partial charge on any atom is -0.379 e. The van der Waals surface area contributed by atoms with E-state index < -0.39 is 0 Å². The molecule has 0 aliphatic heterocycles. The molecule has 3 nitrogen and oxygen atoms in total. The molecule has 0 N–H and O–H groups in total. The van der Waals surface area contributed by atoms with Crippen LogP contribution in [0.3, 0.4) is 0 Å². The highest BCUT2D eigenvalue weighted by atomic mass is 79.9. The molecule has 0 saturated heterocycles. The minimum absolute atomic E-state index is 0.0802. The Morgan fingerprint density at radius 1 is 1.47 bits per heavy atom. The summed E-state index contributed by atoms with van der Waals surface area (Å²) < 4.78 is 5.34. The van der Waals surface area contributed by atoms with Crippen molar-refractivity contribution >= 4 is 45.2 Å². The molecule has 0 atom stereocenters. The average Bonchev–Trinajstić information content (AvgIpc) is 2.43. The number of hydrogen-bond acceptors (Lipinski definition) is 3. The number of likely N-dealkylation sites (N-methyl/N-ethyl adjacent to an activating group) is 1. The van der Waals surface area contributed by atoms with Crippen molar-refractivity contribution in [3.63, 3.8) is 0 Å². The summed E-state index contributed by atoms with van der Waals surface area (Å²) in [5.41, 5.74) is 0.538. The van der Waals surface area contributed by atoms with Crippen molar-refractivity contribution in [3.8, 4) is 0 Å². The van der Waals surface area contributed by atoms with Crippen LogP contribution in [0.25, 0.3) is 0 Å². The summed E-state index contributed by atoms with van der Waals surface area (Å²) >= 11 is 10.9. The van der Waals surface area contributed by atoms with E-state index in [2.05, 4.69) is 15.9 Å². The van der Waals surface area contributed by atoms with Gasteiger partial charge in [-0.15, -0.1) is 11.8 Å². The first-order valence-corrected chi connectivity index (χ1v) is 8.55. The normalized spacial score (nSPS) is 10.5. The van der Waals surface area contributed by atoms with Gasteiger partial charge in [0.15, 0.2) is 0 Å². The van der Waals surface area contributed by atoms with E-state index in [9.17, 15) is 4.79 Å². The second-order valence-electron chi connectivity index (χ2n) is 3.87. The van der Waals surface area contributed by atoms with Crippen LogP contribution >= 0.6 is 39.3 Å². The molecule has 0 aromatic heterocycles. The van der Waals surface area contributed by atoms with Gasteiger partial charge in [0.1, 0.15) is 0 Å². The molecule has 0 unspecified atom stereocenters. The molecule has 0 bridgehead atoms. The zero-order valence-corrected chi connectivity index (χ0v) is 14.1. The largest absolute Gasteiger partial charge is 0.379 e. The fourth-order valence-electron chi connectivity index (χ4n) is 1.46. The summed E-state index contributed by atoms with van der Waals surface area (Å²) in [6, 6.07) is 5.49. The Morgan fingerprint density at radius 3 is 2.84 bits per heavy atom. The van der Waals surface area contributed by atoms with Crippen LogP contribution in [0.1, 0.15) is 10.4 Å². The lowest BCUT2D eigenvalue weighted by Crippen LogP contribution is -2.30. The summed E-state index contributed by atoms with van der Waals surface area (Å²) in [4.78, 5) is 14.9. The molecule has 1 amide bonds. The van der Waals surface area contributed by atoms with E-state index in [0.717, 1.165) is 10.2 Å². The van der Waals surface area contributed by atoms with Crippen LogP contribution in [0.4, 0.5) is 0 Å². The number of rotatable bonds is 7. The van der Waals surface area contributed by atoms with Gasteiger partial charge in [-0.1, -0.05) is 27.5 Å². The van der Waals surface area contributed by atoms with E-state index >= 15 is 0 Å². The van der Waals surface area contributed by atoms with Crippen molar-refractivity contribution in [2.75, 3.05) is 38.4 Å². The summed E-state index contributed by atoms with van der Waals surface area (Å²) in [7, 11) is 1.75. The third-order valence-corrected chi connectivity index (χ3v) is 3.92. The minimum atomic E-state index is -0.0802. The summed E-state index contributed by atoms with van der Waals surface area (Å²) in [5, 5.41) is 1.28. The molecule has 6 heteroatoms. The lowest BCUT2D eigenvalue weighted by Gasteiger charge is -2.18. The van der Waals surface area contributed by atoms with Crippen molar-refractivity contribution < 1.29 is 9.53 Å². The maximum absolute atomic E-state index is 12.3. The first kappa shape index (κ1) is 16.8. The van der Waals surface area contributed by atoms with Gasteiger partial charge in [-0.3, -0.25) is 4.79 Å². The molecule has 0 spiro atoms. The number of halogens is 2. The average molecular weight is 367 g/mol. The van der Waals surface area contributed by atoms with E-state index in [1.807, 2.05) is 18.4 Å². The maximum Gasteiger partial charge on any atom is 0.255 e. The van der Waals surface area contributed by atoms with Crippen molar-refractivity contribution in [1.29, 1.82) is 0 Å². The van der Waals surface area contributed by atoms with Crippen LogP contribution in [0.2, 0.25) is 5.02 Å². The Kier molecular flexibility index (Phi) is 7.83. The topological polar surface area (TPSA) is 29.5 Å². The highest BCUT2D eigenvalue weighted by molar-refractivity contribution is 9.09. The number of hydrogen-bond donors (Lipinski definition) is 0. The molecule has 0 heterocycles. The Bertz CT molecular complexity index is 431. The Labute approximate surface area is 131 Å². The molecule has 1 rings (SSSR count). The zero-order chi connectivity index (χ0) is 14.3. The van der Waals surface area contributed by atoms with Crippen LogP contribution in [0.5, 0.6) is 0 Å². The number of amides is 1. The van der Waals surface area contributed by atoms with Gasteiger partial charge in [0.2, 0.25) is 0 Å². The number of benzene rings is 1. The third-order valence-electron chi connectivity index (χ3n) is 2.54. The van der Waals surface area contributed by atoms with E-state index in [1.165, 1.54) is 0 Å². The summed E-state index contributed by atoms with van der Waals surface area (Å²) in [6.07, 6.45) is 1.97. The summed E-state index contributed by atoms with van der Waals surface area (Å²) in [5.74, 6) is -0.0802. The lowest BCUT2D eigenvalue weighted by atomic mass is 10.2. The molecule has 0 aliphatic carbocycles. The first-order chi connectivity index (χ1) is 9.10. The standard InChI is InChI=1S/C13H17BrClNO2S/c1-16(6-8-18-7-5-14)13(17)11-9-10(19-2)3-4-12(11)15/h3-4,9H,5-8H2,1-2H3. The number of ether oxygens (including phenoxy) is 1. The molecule has 0 fully saturated rings. The van der Waals surface area contributed by atoms with Gasteiger partial charge in [0, 0.05) is 23.8 Å². The number of carbonyl (C=O) groups is 1.